The van der Waals surface area contributed by atoms with Crippen LogP contribution in [0, 0.1) is 5.92 Å². The van der Waals surface area contributed by atoms with Crippen molar-refractivity contribution in [3.63, 3.8) is 0 Å². The van der Waals surface area contributed by atoms with Crippen LogP contribution in [0.15, 0.2) is 48.5 Å². The fourth-order valence-corrected chi connectivity index (χ4v) is 2.48. The summed E-state index contributed by atoms with van der Waals surface area (Å²) in [6.45, 7) is 4.40. The number of methoxy groups -OCH3 is 2. The van der Waals surface area contributed by atoms with Gasteiger partial charge < -0.3 is 14.8 Å². The number of hydrogen-bond acceptors (Lipinski definition) is 3. The van der Waals surface area contributed by atoms with Gasteiger partial charge in [0.15, 0.2) is 0 Å². The topological polar surface area (TPSA) is 47.6 Å². The minimum atomic E-state index is -0.213. The van der Waals surface area contributed by atoms with Gasteiger partial charge in [0, 0.05) is 12.1 Å². The number of nitrogens with one attached hydrogen (secondary N) is 1. The molecule has 0 aliphatic heterocycles. The van der Waals surface area contributed by atoms with Gasteiger partial charge >= 0.3 is 0 Å². The number of amides is 1. The molecule has 0 aliphatic carbocycles. The maximum Gasteiger partial charge on any atom is 0.248 e. The number of benzene rings is 2. The summed E-state index contributed by atoms with van der Waals surface area (Å²) in [5, 5.41) is 2.81. The van der Waals surface area contributed by atoms with E-state index >= 15 is 0 Å². The summed E-state index contributed by atoms with van der Waals surface area (Å²) in [6.07, 6.45) is 4.37. The Bertz CT molecular complexity index is 733. The van der Waals surface area contributed by atoms with Crippen molar-refractivity contribution >= 4 is 17.7 Å². The summed E-state index contributed by atoms with van der Waals surface area (Å²) in [7, 11) is 3.14. The molecule has 2 rings (SSSR count). The van der Waals surface area contributed by atoms with Gasteiger partial charge in [-0.3, -0.25) is 4.79 Å². The standard InChI is InChI=1S/C21H25NO3/c1-15(2)13-17-7-5-16(6-8-17)9-12-21(23)22-19-11-10-18(24-3)14-20(19)25-4/h5-12,14-15H,13H2,1-4H3,(H,22,23)/b12-9+. The van der Waals surface area contributed by atoms with Gasteiger partial charge in [0.1, 0.15) is 11.5 Å². The lowest BCUT2D eigenvalue weighted by Crippen LogP contribution is -2.09. The fourth-order valence-electron chi connectivity index (χ4n) is 2.48. The van der Waals surface area contributed by atoms with Crippen LogP contribution in [0.5, 0.6) is 11.5 Å². The number of anilines is 1. The molecule has 0 bridgehead atoms. The SMILES string of the molecule is COc1ccc(NC(=O)/C=C/c2ccc(CC(C)C)cc2)c(OC)c1. The van der Waals surface area contributed by atoms with Gasteiger partial charge in [-0.25, -0.2) is 0 Å². The van der Waals surface area contributed by atoms with Gasteiger partial charge in [0.05, 0.1) is 19.9 Å². The molecule has 0 aromatic heterocycles. The molecular formula is C21H25NO3. The van der Waals surface area contributed by atoms with Crippen molar-refractivity contribution < 1.29 is 14.3 Å². The van der Waals surface area contributed by atoms with E-state index in [0.29, 0.717) is 23.1 Å². The molecule has 0 saturated carbocycles. The molecule has 0 aliphatic rings. The summed E-state index contributed by atoms with van der Waals surface area (Å²) in [4.78, 5) is 12.1. The van der Waals surface area contributed by atoms with E-state index in [2.05, 4.69) is 31.3 Å². The number of hydrogen-bond donors (Lipinski definition) is 1. The summed E-state index contributed by atoms with van der Waals surface area (Å²) in [5.41, 5.74) is 2.90. The van der Waals surface area contributed by atoms with Crippen LogP contribution in [0.2, 0.25) is 0 Å². The Labute approximate surface area is 149 Å². The molecule has 0 radical (unpaired) electrons. The first kappa shape index (κ1) is 18.6. The van der Waals surface area contributed by atoms with E-state index in [1.165, 1.54) is 11.6 Å². The summed E-state index contributed by atoms with van der Waals surface area (Å²) >= 11 is 0. The van der Waals surface area contributed by atoms with Crippen molar-refractivity contribution in [2.24, 2.45) is 5.92 Å². The molecule has 4 heteroatoms. The predicted octanol–water partition coefficient (Wildman–Crippen LogP) is 4.55. The first-order valence-electron chi connectivity index (χ1n) is 8.32. The van der Waals surface area contributed by atoms with Crippen LogP contribution in [0.3, 0.4) is 0 Å². The molecule has 132 valence electrons. The van der Waals surface area contributed by atoms with Crippen LogP contribution >= 0.6 is 0 Å². The zero-order valence-corrected chi connectivity index (χ0v) is 15.2. The minimum absolute atomic E-state index is 0.213. The third kappa shape index (κ3) is 5.68. The van der Waals surface area contributed by atoms with Gasteiger partial charge in [0.25, 0.3) is 0 Å². The van der Waals surface area contributed by atoms with Gasteiger partial charge in [-0.15, -0.1) is 0 Å². The van der Waals surface area contributed by atoms with Crippen molar-refractivity contribution in [3.8, 4) is 11.5 Å². The Kier molecular flexibility index (Phi) is 6.63. The van der Waals surface area contributed by atoms with Crippen LogP contribution in [0.1, 0.15) is 25.0 Å². The Balaban J connectivity index is 2.01. The van der Waals surface area contributed by atoms with Crippen molar-refractivity contribution in [2.45, 2.75) is 20.3 Å². The average Bonchev–Trinajstić information content (AvgIpc) is 2.61. The lowest BCUT2D eigenvalue weighted by molar-refractivity contribution is -0.111. The smallest absolute Gasteiger partial charge is 0.248 e. The highest BCUT2D eigenvalue weighted by atomic mass is 16.5. The van der Waals surface area contributed by atoms with Crippen LogP contribution in [-0.4, -0.2) is 20.1 Å². The van der Waals surface area contributed by atoms with Crippen LogP contribution < -0.4 is 14.8 Å². The molecule has 25 heavy (non-hydrogen) atoms. The Morgan fingerprint density at radius 3 is 2.40 bits per heavy atom. The molecule has 1 amide bonds. The molecule has 0 heterocycles. The highest BCUT2D eigenvalue weighted by Crippen LogP contribution is 2.29. The molecule has 0 fully saturated rings. The third-order valence-corrected chi connectivity index (χ3v) is 3.72. The number of carbonyl (C=O) groups is 1. The largest absolute Gasteiger partial charge is 0.497 e. The summed E-state index contributed by atoms with van der Waals surface area (Å²) < 4.78 is 10.4. The second-order valence-corrected chi connectivity index (χ2v) is 6.23. The van der Waals surface area contributed by atoms with Crippen LogP contribution in [-0.2, 0) is 11.2 Å². The molecule has 0 unspecified atom stereocenters. The quantitative estimate of drug-likeness (QED) is 0.753. The molecule has 0 atom stereocenters. The third-order valence-electron chi connectivity index (χ3n) is 3.72. The zero-order valence-electron chi connectivity index (χ0n) is 15.2. The van der Waals surface area contributed by atoms with E-state index in [9.17, 15) is 4.79 Å². The van der Waals surface area contributed by atoms with Gasteiger partial charge in [-0.1, -0.05) is 38.1 Å². The average molecular weight is 339 g/mol. The first-order chi connectivity index (χ1) is 12.0. The summed E-state index contributed by atoms with van der Waals surface area (Å²) in [5.74, 6) is 1.65. The van der Waals surface area contributed by atoms with Gasteiger partial charge in [-0.05, 0) is 41.7 Å². The van der Waals surface area contributed by atoms with Crippen molar-refractivity contribution in [3.05, 3.63) is 59.7 Å². The number of ether oxygens (including phenoxy) is 2. The van der Waals surface area contributed by atoms with Crippen LogP contribution in [0.4, 0.5) is 5.69 Å². The lowest BCUT2D eigenvalue weighted by atomic mass is 10.0. The summed E-state index contributed by atoms with van der Waals surface area (Å²) in [6, 6.07) is 13.5. The normalized spacial score (nSPS) is 10.9. The number of carbonyl (C=O) groups excluding carboxylic acids is 1. The van der Waals surface area contributed by atoms with Gasteiger partial charge in [0.2, 0.25) is 5.91 Å². The van der Waals surface area contributed by atoms with E-state index in [1.54, 1.807) is 38.5 Å². The van der Waals surface area contributed by atoms with Gasteiger partial charge in [-0.2, -0.15) is 0 Å². The molecule has 0 spiro atoms. The number of rotatable bonds is 7. The molecule has 0 saturated heterocycles. The lowest BCUT2D eigenvalue weighted by Gasteiger charge is -2.10. The maximum atomic E-state index is 12.1. The second-order valence-electron chi connectivity index (χ2n) is 6.23. The molecule has 2 aromatic rings. The molecule has 2 aromatic carbocycles. The Morgan fingerprint density at radius 1 is 1.08 bits per heavy atom. The highest BCUT2D eigenvalue weighted by molar-refractivity contribution is 6.02. The Morgan fingerprint density at radius 2 is 1.80 bits per heavy atom. The zero-order chi connectivity index (χ0) is 18.2. The highest BCUT2D eigenvalue weighted by Gasteiger charge is 2.07. The van der Waals surface area contributed by atoms with E-state index in [1.807, 2.05) is 12.1 Å². The second kappa shape index (κ2) is 8.92. The van der Waals surface area contributed by atoms with Crippen LogP contribution in [0.25, 0.3) is 6.08 Å². The minimum Gasteiger partial charge on any atom is -0.497 e. The van der Waals surface area contributed by atoms with Crippen molar-refractivity contribution in [1.82, 2.24) is 0 Å². The monoisotopic (exact) mass is 339 g/mol. The van der Waals surface area contributed by atoms with E-state index in [0.717, 1.165) is 12.0 Å². The first-order valence-corrected chi connectivity index (χ1v) is 8.32. The fraction of sp³-hybridized carbons (Fsp3) is 0.286. The molecular weight excluding hydrogens is 314 g/mol. The molecule has 4 nitrogen and oxygen atoms in total. The van der Waals surface area contributed by atoms with E-state index in [4.69, 9.17) is 9.47 Å². The van der Waals surface area contributed by atoms with Crippen molar-refractivity contribution in [1.29, 1.82) is 0 Å². The maximum absolute atomic E-state index is 12.1. The van der Waals surface area contributed by atoms with E-state index in [-0.39, 0.29) is 5.91 Å². The Hall–Kier alpha value is -2.75. The van der Waals surface area contributed by atoms with Crippen molar-refractivity contribution in [2.75, 3.05) is 19.5 Å². The predicted molar refractivity (Wildman–Crippen MR) is 102 cm³/mol. The van der Waals surface area contributed by atoms with E-state index < -0.39 is 0 Å². The molecule has 1 N–H and O–H groups in total.